The zero-order chi connectivity index (χ0) is 18.0. The Morgan fingerprint density at radius 3 is 2.48 bits per heavy atom. The van der Waals surface area contributed by atoms with Crippen molar-refractivity contribution in [2.75, 3.05) is 11.9 Å². The first-order chi connectivity index (χ1) is 11.9. The number of rotatable bonds is 4. The van der Waals surface area contributed by atoms with Gasteiger partial charge in [0.2, 0.25) is 0 Å². The van der Waals surface area contributed by atoms with Crippen LogP contribution < -0.4 is 5.32 Å². The fourth-order valence-electron chi connectivity index (χ4n) is 2.28. The van der Waals surface area contributed by atoms with Crippen LogP contribution in [0.2, 0.25) is 0 Å². The van der Waals surface area contributed by atoms with Crippen LogP contribution in [0, 0.1) is 6.92 Å². The molecule has 0 atom stereocenters. The molecule has 3 rings (SSSR count). The maximum atomic E-state index is 12.1. The highest BCUT2D eigenvalue weighted by Crippen LogP contribution is 2.32. The number of anilines is 1. The van der Waals surface area contributed by atoms with Crippen molar-refractivity contribution in [1.29, 1.82) is 0 Å². The first-order valence-corrected chi connectivity index (χ1v) is 9.75. The van der Waals surface area contributed by atoms with Gasteiger partial charge in [0.15, 0.2) is 6.61 Å². The van der Waals surface area contributed by atoms with E-state index in [4.69, 9.17) is 4.74 Å². The first-order valence-electron chi connectivity index (χ1n) is 7.35. The molecule has 0 radical (unpaired) electrons. The zero-order valence-corrected chi connectivity index (χ0v) is 17.1. The van der Waals surface area contributed by atoms with Crippen LogP contribution in [-0.4, -0.2) is 18.5 Å². The van der Waals surface area contributed by atoms with Crippen molar-refractivity contribution >= 4 is 70.8 Å². The van der Waals surface area contributed by atoms with E-state index in [9.17, 15) is 9.59 Å². The van der Waals surface area contributed by atoms with E-state index in [1.165, 1.54) is 11.3 Å². The second-order valence-corrected chi connectivity index (χ2v) is 8.17. The number of halogens is 2. The van der Waals surface area contributed by atoms with Gasteiger partial charge >= 0.3 is 5.97 Å². The summed E-state index contributed by atoms with van der Waals surface area (Å²) in [4.78, 5) is 24.7. The molecule has 128 valence electrons. The Bertz CT molecular complexity index is 912. The molecule has 25 heavy (non-hydrogen) atoms. The molecule has 2 aromatic carbocycles. The fraction of sp³-hybridized carbons (Fsp3) is 0.111. The largest absolute Gasteiger partial charge is 0.451 e. The molecule has 0 aliphatic rings. The molecule has 1 heterocycles. The number of carbonyl (C=O) groups excluding carboxylic acids is 2. The Morgan fingerprint density at radius 1 is 1.12 bits per heavy atom. The van der Waals surface area contributed by atoms with Gasteiger partial charge < -0.3 is 10.1 Å². The van der Waals surface area contributed by atoms with Gasteiger partial charge in [0.05, 0.1) is 5.69 Å². The standard InChI is InChI=1S/C18H13Br2NO3S/c1-10-6-12(19)17(13(20)7-10)21-16(22)9-24-18(23)15-8-11-4-2-3-5-14(11)25-15/h2-8H,9H2,1H3,(H,21,22). The van der Waals surface area contributed by atoms with Crippen LogP contribution >= 0.6 is 43.2 Å². The normalized spacial score (nSPS) is 10.7. The number of benzene rings is 2. The van der Waals surface area contributed by atoms with E-state index in [-0.39, 0.29) is 6.61 Å². The summed E-state index contributed by atoms with van der Waals surface area (Å²) in [5, 5.41) is 3.72. The Morgan fingerprint density at radius 2 is 1.80 bits per heavy atom. The van der Waals surface area contributed by atoms with E-state index < -0.39 is 11.9 Å². The molecule has 0 aliphatic heterocycles. The van der Waals surface area contributed by atoms with Gasteiger partial charge in [0.1, 0.15) is 4.88 Å². The quantitative estimate of drug-likeness (QED) is 0.497. The van der Waals surface area contributed by atoms with Crippen LogP contribution in [0.3, 0.4) is 0 Å². The van der Waals surface area contributed by atoms with Gasteiger partial charge in [-0.05, 0) is 74.0 Å². The van der Waals surface area contributed by atoms with Crippen molar-refractivity contribution in [2.24, 2.45) is 0 Å². The van der Waals surface area contributed by atoms with Gasteiger partial charge in [0.25, 0.3) is 5.91 Å². The number of ether oxygens (including phenoxy) is 1. The van der Waals surface area contributed by atoms with E-state index in [0.29, 0.717) is 10.6 Å². The third kappa shape index (κ3) is 4.29. The number of esters is 1. The molecule has 0 spiro atoms. The van der Waals surface area contributed by atoms with Crippen LogP contribution in [0.25, 0.3) is 10.1 Å². The third-order valence-electron chi connectivity index (χ3n) is 3.41. The van der Waals surface area contributed by atoms with E-state index in [1.807, 2.05) is 43.3 Å². The Balaban J connectivity index is 1.63. The van der Waals surface area contributed by atoms with Crippen molar-refractivity contribution in [3.63, 3.8) is 0 Å². The van der Waals surface area contributed by atoms with E-state index in [2.05, 4.69) is 37.2 Å². The number of hydrogen-bond acceptors (Lipinski definition) is 4. The highest BCUT2D eigenvalue weighted by Gasteiger charge is 2.15. The lowest BCUT2D eigenvalue weighted by Crippen LogP contribution is -2.21. The third-order valence-corrected chi connectivity index (χ3v) is 5.76. The van der Waals surface area contributed by atoms with Gasteiger partial charge in [-0.25, -0.2) is 4.79 Å². The SMILES string of the molecule is Cc1cc(Br)c(NC(=O)COC(=O)c2cc3ccccc3s2)c(Br)c1. The summed E-state index contributed by atoms with van der Waals surface area (Å²) in [6, 6.07) is 13.3. The Labute approximate surface area is 165 Å². The van der Waals surface area contributed by atoms with E-state index in [0.717, 1.165) is 24.6 Å². The summed E-state index contributed by atoms with van der Waals surface area (Å²) in [5.74, 6) is -0.905. The summed E-state index contributed by atoms with van der Waals surface area (Å²) in [7, 11) is 0. The zero-order valence-electron chi connectivity index (χ0n) is 13.1. The summed E-state index contributed by atoms with van der Waals surface area (Å²) in [6.07, 6.45) is 0. The molecule has 4 nitrogen and oxygen atoms in total. The number of nitrogens with one attached hydrogen (secondary N) is 1. The van der Waals surface area contributed by atoms with Crippen molar-refractivity contribution in [1.82, 2.24) is 0 Å². The second kappa shape index (κ2) is 7.68. The number of thiophene rings is 1. The average Bonchev–Trinajstić information content (AvgIpc) is 3.00. The van der Waals surface area contributed by atoms with E-state index >= 15 is 0 Å². The predicted molar refractivity (Wildman–Crippen MR) is 107 cm³/mol. The van der Waals surface area contributed by atoms with Crippen LogP contribution in [-0.2, 0) is 9.53 Å². The second-order valence-electron chi connectivity index (χ2n) is 5.38. The Kier molecular flexibility index (Phi) is 5.56. The van der Waals surface area contributed by atoms with Crippen LogP contribution in [0.5, 0.6) is 0 Å². The molecule has 3 aromatic rings. The highest BCUT2D eigenvalue weighted by atomic mass is 79.9. The number of carbonyl (C=O) groups is 2. The minimum atomic E-state index is -0.501. The maximum Gasteiger partial charge on any atom is 0.348 e. The monoisotopic (exact) mass is 481 g/mol. The van der Waals surface area contributed by atoms with Crippen molar-refractivity contribution < 1.29 is 14.3 Å². The van der Waals surface area contributed by atoms with Crippen molar-refractivity contribution in [3.05, 3.63) is 61.9 Å². The number of fused-ring (bicyclic) bond motifs is 1. The molecule has 0 unspecified atom stereocenters. The average molecular weight is 483 g/mol. The van der Waals surface area contributed by atoms with Gasteiger partial charge in [0, 0.05) is 13.6 Å². The summed E-state index contributed by atoms with van der Waals surface area (Å²) in [5.41, 5.74) is 1.65. The Hall–Kier alpha value is -1.70. The van der Waals surface area contributed by atoms with Crippen LogP contribution in [0.4, 0.5) is 5.69 Å². The molecule has 0 aliphatic carbocycles. The molecular formula is C18H13Br2NO3S. The predicted octanol–water partition coefficient (Wildman–Crippen LogP) is 5.53. The molecule has 0 saturated carbocycles. The molecule has 1 N–H and O–H groups in total. The fourth-order valence-corrected chi connectivity index (χ4v) is 4.85. The highest BCUT2D eigenvalue weighted by molar-refractivity contribution is 9.11. The van der Waals surface area contributed by atoms with Crippen LogP contribution in [0.15, 0.2) is 51.4 Å². The summed E-state index contributed by atoms with van der Waals surface area (Å²) < 4.78 is 7.64. The van der Waals surface area contributed by atoms with Crippen molar-refractivity contribution in [2.45, 2.75) is 6.92 Å². The lowest BCUT2D eigenvalue weighted by molar-refractivity contribution is -0.119. The van der Waals surface area contributed by atoms with Gasteiger partial charge in [-0.1, -0.05) is 18.2 Å². The molecule has 0 fully saturated rings. The molecule has 7 heteroatoms. The van der Waals surface area contributed by atoms with Gasteiger partial charge in [-0.15, -0.1) is 11.3 Å². The minimum absolute atomic E-state index is 0.347. The number of aryl methyl sites for hydroxylation is 1. The van der Waals surface area contributed by atoms with Gasteiger partial charge in [-0.3, -0.25) is 4.79 Å². The summed E-state index contributed by atoms with van der Waals surface area (Å²) >= 11 is 8.17. The maximum absolute atomic E-state index is 12.1. The lowest BCUT2D eigenvalue weighted by atomic mass is 10.2. The molecule has 1 amide bonds. The number of amides is 1. The first kappa shape index (κ1) is 18.1. The smallest absolute Gasteiger partial charge is 0.348 e. The van der Waals surface area contributed by atoms with Gasteiger partial charge in [-0.2, -0.15) is 0 Å². The molecule has 0 saturated heterocycles. The topological polar surface area (TPSA) is 55.4 Å². The number of hydrogen-bond donors (Lipinski definition) is 1. The molecular weight excluding hydrogens is 470 g/mol. The van der Waals surface area contributed by atoms with Crippen LogP contribution in [0.1, 0.15) is 15.2 Å². The lowest BCUT2D eigenvalue weighted by Gasteiger charge is -2.11. The molecule has 0 bridgehead atoms. The van der Waals surface area contributed by atoms with E-state index in [1.54, 1.807) is 6.07 Å². The minimum Gasteiger partial charge on any atom is -0.451 e. The summed E-state index contributed by atoms with van der Waals surface area (Å²) in [6.45, 7) is 1.60. The molecule has 1 aromatic heterocycles. The van der Waals surface area contributed by atoms with Crippen molar-refractivity contribution in [3.8, 4) is 0 Å².